The number of halogens is 3. The molecule has 1 aromatic heterocycles. The zero-order valence-electron chi connectivity index (χ0n) is 15.5. The summed E-state index contributed by atoms with van der Waals surface area (Å²) in [6.07, 6.45) is -5.70. The van der Waals surface area contributed by atoms with Crippen LogP contribution in [0.25, 0.3) is 10.9 Å². The monoisotopic (exact) mass is 418 g/mol. The highest BCUT2D eigenvalue weighted by Gasteiger charge is 2.31. The summed E-state index contributed by atoms with van der Waals surface area (Å²) in [5.74, 6) is -0.418. The van der Waals surface area contributed by atoms with Crippen LogP contribution in [0.5, 0.6) is 5.75 Å². The van der Waals surface area contributed by atoms with Gasteiger partial charge in [-0.3, -0.25) is 0 Å². The molecule has 30 heavy (non-hydrogen) atoms. The maximum Gasteiger partial charge on any atom is 0.437 e. The number of guanidine groups is 1. The summed E-state index contributed by atoms with van der Waals surface area (Å²) >= 11 is 0. The van der Waals surface area contributed by atoms with E-state index in [2.05, 4.69) is 9.98 Å². The average Bonchev–Trinajstić information content (AvgIpc) is 2.69. The Morgan fingerprint density at radius 2 is 1.80 bits per heavy atom. The number of hydrogen-bond donors (Lipinski definition) is 2. The minimum atomic E-state index is -4.57. The number of hydrogen-bond acceptors (Lipinski definition) is 4. The number of rotatable bonds is 5. The van der Waals surface area contributed by atoms with E-state index in [-0.39, 0.29) is 17.9 Å². The molecule has 0 saturated heterocycles. The second-order valence-corrected chi connectivity index (χ2v) is 6.20. The van der Waals surface area contributed by atoms with Crippen LogP contribution in [-0.2, 0) is 24.1 Å². The molecule has 0 radical (unpaired) electrons. The van der Waals surface area contributed by atoms with E-state index in [9.17, 15) is 18.0 Å². The fourth-order valence-electron chi connectivity index (χ4n) is 2.63. The number of nitrogens with two attached hydrogens (primary N) is 2. The van der Waals surface area contributed by atoms with Crippen LogP contribution < -0.4 is 16.2 Å². The summed E-state index contributed by atoms with van der Waals surface area (Å²) in [5.41, 5.74) is 10.6. The van der Waals surface area contributed by atoms with Gasteiger partial charge in [-0.05, 0) is 30.3 Å². The first-order chi connectivity index (χ1) is 14.2. The Kier molecular flexibility index (Phi) is 6.05. The van der Waals surface area contributed by atoms with Gasteiger partial charge in [0.25, 0.3) is 0 Å². The Balaban J connectivity index is 1.80. The maximum atomic E-state index is 13.1. The number of carbonyl (C=O) groups is 1. The third-order valence-electron chi connectivity index (χ3n) is 3.99. The van der Waals surface area contributed by atoms with Crippen LogP contribution in [-0.4, -0.2) is 17.0 Å². The van der Waals surface area contributed by atoms with E-state index in [0.717, 1.165) is 29.1 Å². The highest BCUT2D eigenvalue weighted by molar-refractivity contribution is 5.87. The van der Waals surface area contributed by atoms with E-state index >= 15 is 0 Å². The Bertz CT molecular complexity index is 1100. The summed E-state index contributed by atoms with van der Waals surface area (Å²) < 4.78 is 49.6. The van der Waals surface area contributed by atoms with Gasteiger partial charge in [-0.15, -0.1) is 4.99 Å². The van der Waals surface area contributed by atoms with Gasteiger partial charge in [0.2, 0.25) is 0 Å². The lowest BCUT2D eigenvalue weighted by Crippen LogP contribution is -2.24. The van der Waals surface area contributed by atoms with Crippen molar-refractivity contribution in [3.05, 3.63) is 71.4 Å². The second-order valence-electron chi connectivity index (χ2n) is 6.20. The molecule has 0 atom stereocenters. The summed E-state index contributed by atoms with van der Waals surface area (Å²) in [6.45, 7) is -0.509. The number of aromatic nitrogens is 1. The normalized spacial score (nSPS) is 11.2. The predicted octanol–water partition coefficient (Wildman–Crippen LogP) is 3.74. The predicted molar refractivity (Wildman–Crippen MR) is 104 cm³/mol. The summed E-state index contributed by atoms with van der Waals surface area (Å²) in [5, 5.41) is 0.947. The molecule has 3 rings (SSSR count). The van der Waals surface area contributed by atoms with E-state index in [1.807, 2.05) is 30.3 Å². The molecular formula is C20H17F3N4O3. The number of fused-ring (bicyclic) bond motifs is 1. The van der Waals surface area contributed by atoms with Crippen molar-refractivity contribution in [3.8, 4) is 5.75 Å². The molecule has 7 nitrogen and oxygen atoms in total. The lowest BCUT2D eigenvalue weighted by atomic mass is 10.1. The summed E-state index contributed by atoms with van der Waals surface area (Å²) in [6, 6.07) is 14.0. The van der Waals surface area contributed by atoms with Gasteiger partial charge in [0.05, 0.1) is 16.8 Å². The molecule has 0 aliphatic heterocycles. The van der Waals surface area contributed by atoms with Crippen LogP contribution in [0.3, 0.4) is 0 Å². The standard InChI is InChI=1S/C20H17F3N4O3/c21-20(22,23)14-6-8-17(13(9-14)10-30-19(28)27-18(24)25)29-11-15-7-5-12-3-1-2-4-16(12)26-15/h1-9H,10-11H2,(H4,24,25,27,28). The van der Waals surface area contributed by atoms with Crippen molar-refractivity contribution in [2.24, 2.45) is 16.5 Å². The summed E-state index contributed by atoms with van der Waals surface area (Å²) in [4.78, 5) is 19.1. The van der Waals surface area contributed by atoms with Gasteiger partial charge in [-0.25, -0.2) is 9.78 Å². The van der Waals surface area contributed by atoms with E-state index in [4.69, 9.17) is 20.9 Å². The lowest BCUT2D eigenvalue weighted by Gasteiger charge is -2.14. The molecule has 0 saturated carbocycles. The molecule has 156 valence electrons. The van der Waals surface area contributed by atoms with E-state index < -0.39 is 30.4 Å². The van der Waals surface area contributed by atoms with Crippen LogP contribution in [0, 0.1) is 0 Å². The molecule has 0 bridgehead atoms. The third-order valence-corrected chi connectivity index (χ3v) is 3.99. The van der Waals surface area contributed by atoms with E-state index in [1.165, 1.54) is 0 Å². The topological polar surface area (TPSA) is 113 Å². The molecule has 0 unspecified atom stereocenters. The van der Waals surface area contributed by atoms with Crippen LogP contribution in [0.2, 0.25) is 0 Å². The van der Waals surface area contributed by atoms with Gasteiger partial charge in [-0.2, -0.15) is 13.2 Å². The van der Waals surface area contributed by atoms with Crippen LogP contribution >= 0.6 is 0 Å². The molecule has 0 spiro atoms. The first-order valence-electron chi connectivity index (χ1n) is 8.66. The van der Waals surface area contributed by atoms with Crippen LogP contribution in [0.15, 0.2) is 59.6 Å². The number of pyridine rings is 1. The largest absolute Gasteiger partial charge is 0.487 e. The van der Waals surface area contributed by atoms with Crippen molar-refractivity contribution >= 4 is 23.0 Å². The van der Waals surface area contributed by atoms with E-state index in [1.54, 1.807) is 6.07 Å². The van der Waals surface area contributed by atoms with Crippen LogP contribution in [0.4, 0.5) is 18.0 Å². The number of benzene rings is 2. The number of ether oxygens (including phenoxy) is 2. The fourth-order valence-corrected chi connectivity index (χ4v) is 2.63. The Morgan fingerprint density at radius 1 is 1.03 bits per heavy atom. The second kappa shape index (κ2) is 8.68. The molecule has 10 heteroatoms. The van der Waals surface area contributed by atoms with Crippen molar-refractivity contribution in [2.75, 3.05) is 0 Å². The highest BCUT2D eigenvalue weighted by Crippen LogP contribution is 2.33. The van der Waals surface area contributed by atoms with Gasteiger partial charge in [0.1, 0.15) is 19.0 Å². The van der Waals surface area contributed by atoms with E-state index in [0.29, 0.717) is 5.69 Å². The Morgan fingerprint density at radius 3 is 2.53 bits per heavy atom. The summed E-state index contributed by atoms with van der Waals surface area (Å²) in [7, 11) is 0. The number of aliphatic imine (C=N–C) groups is 1. The number of nitrogens with zero attached hydrogens (tertiary/aromatic N) is 2. The molecule has 0 aliphatic rings. The van der Waals surface area contributed by atoms with Crippen molar-refractivity contribution in [3.63, 3.8) is 0 Å². The number of carbonyl (C=O) groups excluding carboxylic acids is 1. The minimum absolute atomic E-state index is 0.00440. The molecular weight excluding hydrogens is 401 g/mol. The van der Waals surface area contributed by atoms with Gasteiger partial charge in [0, 0.05) is 10.9 Å². The first-order valence-corrected chi connectivity index (χ1v) is 8.66. The van der Waals surface area contributed by atoms with Gasteiger partial charge in [-0.1, -0.05) is 24.3 Å². The highest BCUT2D eigenvalue weighted by atomic mass is 19.4. The molecule has 0 fully saturated rings. The smallest absolute Gasteiger partial charge is 0.437 e. The molecule has 0 aliphatic carbocycles. The maximum absolute atomic E-state index is 13.1. The minimum Gasteiger partial charge on any atom is -0.487 e. The SMILES string of the molecule is NC(N)=NC(=O)OCc1cc(C(F)(F)F)ccc1OCc1ccc2ccccc2n1. The Hall–Kier alpha value is -3.82. The quantitative estimate of drug-likeness (QED) is 0.482. The first kappa shape index (κ1) is 20.9. The van der Waals surface area contributed by atoms with Gasteiger partial charge >= 0.3 is 12.3 Å². The van der Waals surface area contributed by atoms with Crippen molar-refractivity contribution in [1.82, 2.24) is 4.98 Å². The number of alkyl halides is 3. The van der Waals surface area contributed by atoms with Crippen molar-refractivity contribution in [2.45, 2.75) is 19.4 Å². The zero-order valence-corrected chi connectivity index (χ0v) is 15.5. The molecule has 1 amide bonds. The van der Waals surface area contributed by atoms with Crippen LogP contribution in [0.1, 0.15) is 16.8 Å². The molecule has 3 aromatic rings. The molecule has 4 N–H and O–H groups in total. The molecule has 2 aromatic carbocycles. The zero-order chi connectivity index (χ0) is 21.7. The van der Waals surface area contributed by atoms with Crippen molar-refractivity contribution < 1.29 is 27.4 Å². The average molecular weight is 418 g/mol. The van der Waals surface area contributed by atoms with Gasteiger partial charge < -0.3 is 20.9 Å². The molecule has 1 heterocycles. The fraction of sp³-hybridized carbons (Fsp3) is 0.150. The van der Waals surface area contributed by atoms with Gasteiger partial charge in [0.15, 0.2) is 5.96 Å². The number of para-hydroxylation sites is 1. The lowest BCUT2D eigenvalue weighted by molar-refractivity contribution is -0.137. The Labute approximate surface area is 169 Å². The third kappa shape index (κ3) is 5.37. The number of amides is 1. The van der Waals surface area contributed by atoms with Crippen molar-refractivity contribution in [1.29, 1.82) is 0 Å².